The number of fused-ring (bicyclic) bond motifs is 1. The number of nitrogens with zero attached hydrogens (tertiary/aromatic N) is 5. The third kappa shape index (κ3) is 3.69. The van der Waals surface area contributed by atoms with Gasteiger partial charge in [-0.15, -0.1) is 0 Å². The van der Waals surface area contributed by atoms with E-state index in [1.165, 1.54) is 31.6 Å². The molecule has 0 unspecified atom stereocenters. The van der Waals surface area contributed by atoms with Gasteiger partial charge in [0.25, 0.3) is 0 Å². The number of aryl methyl sites for hydroxylation is 1. The number of likely N-dealkylation sites (tertiary alicyclic amines) is 1. The summed E-state index contributed by atoms with van der Waals surface area (Å²) in [5, 5.41) is 8.51. The molecule has 0 aliphatic carbocycles. The van der Waals surface area contributed by atoms with Crippen LogP contribution in [0.25, 0.3) is 0 Å². The molecule has 1 atom stereocenters. The fourth-order valence-electron chi connectivity index (χ4n) is 4.13. The second-order valence-electron chi connectivity index (χ2n) is 7.82. The van der Waals surface area contributed by atoms with Gasteiger partial charge in [0.15, 0.2) is 11.6 Å². The van der Waals surface area contributed by atoms with Crippen LogP contribution in [-0.4, -0.2) is 56.3 Å². The highest BCUT2D eigenvalue weighted by atomic mass is 15.4. The molecular formula is C19H31N7. The molecule has 0 radical (unpaired) electrons. The van der Waals surface area contributed by atoms with Crippen LogP contribution in [0.15, 0.2) is 6.33 Å². The molecule has 2 aromatic heterocycles. The van der Waals surface area contributed by atoms with E-state index in [1.54, 1.807) is 6.33 Å². The van der Waals surface area contributed by atoms with Gasteiger partial charge in [0.05, 0.1) is 12.0 Å². The molecule has 2 aromatic rings. The van der Waals surface area contributed by atoms with Crippen molar-refractivity contribution in [1.29, 1.82) is 0 Å². The second-order valence-corrected chi connectivity index (χ2v) is 7.82. The first-order valence-electron chi connectivity index (χ1n) is 10.1. The standard InChI is InChI=1S/C19H31N7/c1-3-4-9-26-19(18-17-15(5-8-20-18)21-13-22-17)23-16(24-26)12-14-6-10-25(2)11-7-14/h13-14,18,20H,3-12H2,1-2H3,(H,21,22)/t18-/m0/s1. The number of H-pyrrole nitrogens is 1. The quantitative estimate of drug-likeness (QED) is 0.826. The van der Waals surface area contributed by atoms with Crippen LogP contribution in [0.3, 0.4) is 0 Å². The Hall–Kier alpha value is -1.73. The second kappa shape index (κ2) is 7.88. The average molecular weight is 358 g/mol. The summed E-state index contributed by atoms with van der Waals surface area (Å²) in [6.07, 6.45) is 8.59. The van der Waals surface area contributed by atoms with Crippen molar-refractivity contribution in [3.05, 3.63) is 29.4 Å². The van der Waals surface area contributed by atoms with E-state index < -0.39 is 0 Å². The SMILES string of the molecule is CCCCn1nc(CC2CCN(C)CC2)nc1[C@H]1NCCc2[nH]cnc21. The first-order valence-corrected chi connectivity index (χ1v) is 10.1. The summed E-state index contributed by atoms with van der Waals surface area (Å²) in [6, 6.07) is 0.0561. The van der Waals surface area contributed by atoms with Gasteiger partial charge < -0.3 is 15.2 Å². The van der Waals surface area contributed by atoms with Crippen molar-refractivity contribution in [2.75, 3.05) is 26.7 Å². The highest BCUT2D eigenvalue weighted by Gasteiger charge is 2.29. The van der Waals surface area contributed by atoms with Crippen molar-refractivity contribution in [3.63, 3.8) is 0 Å². The van der Waals surface area contributed by atoms with Crippen molar-refractivity contribution in [1.82, 2.24) is 34.9 Å². The zero-order chi connectivity index (χ0) is 17.9. The van der Waals surface area contributed by atoms with Gasteiger partial charge in [-0.25, -0.2) is 14.6 Å². The topological polar surface area (TPSA) is 74.7 Å². The van der Waals surface area contributed by atoms with E-state index in [0.717, 1.165) is 56.1 Å². The fraction of sp³-hybridized carbons (Fsp3) is 0.737. The van der Waals surface area contributed by atoms with Crippen LogP contribution in [0.2, 0.25) is 0 Å². The van der Waals surface area contributed by atoms with E-state index in [1.807, 2.05) is 0 Å². The van der Waals surface area contributed by atoms with Gasteiger partial charge in [-0.2, -0.15) is 5.10 Å². The maximum absolute atomic E-state index is 5.00. The third-order valence-electron chi connectivity index (χ3n) is 5.78. The minimum Gasteiger partial charge on any atom is -0.348 e. The van der Waals surface area contributed by atoms with Gasteiger partial charge in [0.2, 0.25) is 0 Å². The minimum atomic E-state index is 0.0561. The van der Waals surface area contributed by atoms with Crippen LogP contribution >= 0.6 is 0 Å². The number of imidazole rings is 1. The first kappa shape index (κ1) is 17.7. The lowest BCUT2D eigenvalue weighted by Crippen LogP contribution is -2.33. The van der Waals surface area contributed by atoms with Crippen molar-refractivity contribution < 1.29 is 0 Å². The van der Waals surface area contributed by atoms with Gasteiger partial charge in [0.1, 0.15) is 6.04 Å². The van der Waals surface area contributed by atoms with Crippen LogP contribution in [0.1, 0.15) is 61.7 Å². The summed E-state index contributed by atoms with van der Waals surface area (Å²) in [4.78, 5) is 15.3. The third-order valence-corrected chi connectivity index (χ3v) is 5.78. The Morgan fingerprint density at radius 1 is 1.27 bits per heavy atom. The van der Waals surface area contributed by atoms with Crippen molar-refractivity contribution in [2.45, 2.75) is 58.0 Å². The van der Waals surface area contributed by atoms with Gasteiger partial charge in [-0.3, -0.25) is 0 Å². The normalized spacial score (nSPS) is 21.8. The van der Waals surface area contributed by atoms with Crippen LogP contribution < -0.4 is 5.32 Å². The molecule has 4 heterocycles. The molecule has 26 heavy (non-hydrogen) atoms. The van der Waals surface area contributed by atoms with Gasteiger partial charge in [0, 0.05) is 31.6 Å². The van der Waals surface area contributed by atoms with E-state index >= 15 is 0 Å². The molecule has 2 aliphatic heterocycles. The minimum absolute atomic E-state index is 0.0561. The number of piperidine rings is 1. The van der Waals surface area contributed by atoms with Crippen LogP contribution in [0, 0.1) is 5.92 Å². The maximum atomic E-state index is 5.00. The molecule has 142 valence electrons. The summed E-state index contributed by atoms with van der Waals surface area (Å²) >= 11 is 0. The lowest BCUT2D eigenvalue weighted by Gasteiger charge is -2.28. The van der Waals surface area contributed by atoms with Crippen molar-refractivity contribution in [3.8, 4) is 0 Å². The monoisotopic (exact) mass is 357 g/mol. The predicted octanol–water partition coefficient (Wildman–Crippen LogP) is 1.92. The Balaban J connectivity index is 1.56. The van der Waals surface area contributed by atoms with Crippen LogP contribution in [-0.2, 0) is 19.4 Å². The molecule has 1 fully saturated rings. The van der Waals surface area contributed by atoms with Crippen molar-refractivity contribution in [2.24, 2.45) is 5.92 Å². The Kier molecular flexibility index (Phi) is 5.36. The lowest BCUT2D eigenvalue weighted by atomic mass is 9.93. The number of aromatic amines is 1. The first-order chi connectivity index (χ1) is 12.7. The Morgan fingerprint density at radius 2 is 2.12 bits per heavy atom. The zero-order valence-electron chi connectivity index (χ0n) is 16.0. The summed E-state index contributed by atoms with van der Waals surface area (Å²) in [5.74, 6) is 2.76. The number of nitrogens with one attached hydrogen (secondary N) is 2. The van der Waals surface area contributed by atoms with Crippen molar-refractivity contribution >= 4 is 0 Å². The number of hydrogen-bond acceptors (Lipinski definition) is 5. The van der Waals surface area contributed by atoms with Crippen LogP contribution in [0.5, 0.6) is 0 Å². The average Bonchev–Trinajstić information content (AvgIpc) is 3.28. The fourth-order valence-corrected chi connectivity index (χ4v) is 4.13. The van der Waals surface area contributed by atoms with E-state index in [0.29, 0.717) is 5.92 Å². The Bertz CT molecular complexity index is 711. The molecule has 0 amide bonds. The Labute approximate surface area is 155 Å². The molecular weight excluding hydrogens is 326 g/mol. The van der Waals surface area contributed by atoms with E-state index in [4.69, 9.17) is 10.1 Å². The maximum Gasteiger partial charge on any atom is 0.151 e. The smallest absolute Gasteiger partial charge is 0.151 e. The van der Waals surface area contributed by atoms with Gasteiger partial charge >= 0.3 is 0 Å². The summed E-state index contributed by atoms with van der Waals surface area (Å²) in [5.41, 5.74) is 2.32. The van der Waals surface area contributed by atoms with Gasteiger partial charge in [-0.1, -0.05) is 13.3 Å². The van der Waals surface area contributed by atoms with E-state index in [9.17, 15) is 0 Å². The highest BCUT2D eigenvalue weighted by Crippen LogP contribution is 2.26. The van der Waals surface area contributed by atoms with Gasteiger partial charge in [-0.05, 0) is 45.3 Å². The van der Waals surface area contributed by atoms with Crippen LogP contribution in [0.4, 0.5) is 0 Å². The highest BCUT2D eigenvalue weighted by molar-refractivity contribution is 5.25. The molecule has 0 aromatic carbocycles. The molecule has 0 bridgehead atoms. The summed E-state index contributed by atoms with van der Waals surface area (Å²) in [7, 11) is 2.21. The molecule has 2 N–H and O–H groups in total. The molecule has 7 nitrogen and oxygen atoms in total. The number of aromatic nitrogens is 5. The Morgan fingerprint density at radius 3 is 2.92 bits per heavy atom. The zero-order valence-corrected chi connectivity index (χ0v) is 16.0. The van der Waals surface area contributed by atoms with E-state index in [2.05, 4.69) is 38.8 Å². The number of rotatable bonds is 6. The molecule has 7 heteroatoms. The predicted molar refractivity (Wildman–Crippen MR) is 101 cm³/mol. The molecule has 0 spiro atoms. The lowest BCUT2D eigenvalue weighted by molar-refractivity contribution is 0.217. The number of unbranched alkanes of at least 4 members (excludes halogenated alkanes) is 1. The largest absolute Gasteiger partial charge is 0.348 e. The molecule has 0 saturated carbocycles. The molecule has 2 aliphatic rings. The number of hydrogen-bond donors (Lipinski definition) is 2. The molecule has 1 saturated heterocycles. The summed E-state index contributed by atoms with van der Waals surface area (Å²) in [6.45, 7) is 6.49. The molecule has 4 rings (SSSR count). The summed E-state index contributed by atoms with van der Waals surface area (Å²) < 4.78 is 2.13. The van der Waals surface area contributed by atoms with E-state index in [-0.39, 0.29) is 6.04 Å².